The van der Waals surface area contributed by atoms with E-state index in [0.29, 0.717) is 10.7 Å². The van der Waals surface area contributed by atoms with Gasteiger partial charge in [0.05, 0.1) is 10.2 Å². The SMILES string of the molecule is C/C(=N/OS(=O)(=O)c1cccs1)c1nc2ccccc2s1.CC(C)(C)C=O. The molecule has 1 aromatic carbocycles. The number of hydrogen-bond donors (Lipinski definition) is 0. The van der Waals surface area contributed by atoms with Crippen LogP contribution in [0.5, 0.6) is 0 Å². The minimum atomic E-state index is -3.84. The van der Waals surface area contributed by atoms with Crippen molar-refractivity contribution in [3.05, 3.63) is 46.8 Å². The molecule has 6 nitrogen and oxygen atoms in total. The van der Waals surface area contributed by atoms with Crippen molar-refractivity contribution in [3.8, 4) is 0 Å². The number of aromatic nitrogens is 1. The standard InChI is InChI=1S/C13H10N2O3S3.C5H10O/c1-9(13-14-10-5-2-3-6-11(10)20-13)15-18-21(16,17)12-7-4-8-19-12;1-5(2,3)4-6/h2-8H,1H3;4H,1-3H3/b15-9-;. The Morgan fingerprint density at radius 2 is 1.85 bits per heavy atom. The van der Waals surface area contributed by atoms with Crippen LogP contribution >= 0.6 is 22.7 Å². The summed E-state index contributed by atoms with van der Waals surface area (Å²) in [6.45, 7) is 7.29. The number of fused-ring (bicyclic) bond motifs is 1. The molecule has 0 fully saturated rings. The highest BCUT2D eigenvalue weighted by atomic mass is 32.3. The zero-order valence-electron chi connectivity index (χ0n) is 15.4. The van der Waals surface area contributed by atoms with Gasteiger partial charge in [-0.2, -0.15) is 8.42 Å². The van der Waals surface area contributed by atoms with Crippen molar-refractivity contribution < 1.29 is 17.5 Å². The summed E-state index contributed by atoms with van der Waals surface area (Å²) in [4.78, 5) is 14.2. The second kappa shape index (κ2) is 8.73. The number of oxime groups is 1. The molecule has 0 atom stereocenters. The molecule has 3 aromatic rings. The molecule has 0 aliphatic heterocycles. The maximum atomic E-state index is 11.9. The molecular formula is C18H20N2O4S3. The molecule has 0 bridgehead atoms. The zero-order valence-corrected chi connectivity index (χ0v) is 17.8. The summed E-state index contributed by atoms with van der Waals surface area (Å²) in [6.07, 6.45) is 0.938. The van der Waals surface area contributed by atoms with Gasteiger partial charge in [0.25, 0.3) is 0 Å². The molecular weight excluding hydrogens is 404 g/mol. The highest BCUT2D eigenvalue weighted by Gasteiger charge is 2.17. The van der Waals surface area contributed by atoms with Crippen LogP contribution in [0.3, 0.4) is 0 Å². The number of rotatable bonds is 4. The van der Waals surface area contributed by atoms with E-state index in [1.54, 1.807) is 18.4 Å². The molecule has 3 rings (SSSR count). The number of benzene rings is 1. The van der Waals surface area contributed by atoms with Crippen LogP contribution in [0.4, 0.5) is 0 Å². The van der Waals surface area contributed by atoms with Crippen molar-refractivity contribution in [1.29, 1.82) is 0 Å². The summed E-state index contributed by atoms with van der Waals surface area (Å²) in [5.41, 5.74) is 1.14. The van der Waals surface area contributed by atoms with Gasteiger partial charge in [0.15, 0.2) is 4.21 Å². The summed E-state index contributed by atoms with van der Waals surface area (Å²) in [6, 6.07) is 10.8. The number of para-hydroxylation sites is 1. The summed E-state index contributed by atoms with van der Waals surface area (Å²) in [5, 5.41) is 6.00. The van der Waals surface area contributed by atoms with Gasteiger partial charge in [0, 0.05) is 5.41 Å². The van der Waals surface area contributed by atoms with E-state index in [9.17, 15) is 13.2 Å². The molecule has 0 unspecified atom stereocenters. The number of aldehydes is 1. The average molecular weight is 425 g/mol. The van der Waals surface area contributed by atoms with E-state index in [0.717, 1.165) is 27.8 Å². The number of thiophene rings is 1. The Morgan fingerprint density at radius 1 is 1.19 bits per heavy atom. The first-order chi connectivity index (χ1) is 12.6. The molecule has 27 heavy (non-hydrogen) atoms. The van der Waals surface area contributed by atoms with Crippen molar-refractivity contribution in [3.63, 3.8) is 0 Å². The predicted octanol–water partition coefficient (Wildman–Crippen LogP) is 4.72. The van der Waals surface area contributed by atoms with Crippen LogP contribution in [0.1, 0.15) is 32.7 Å². The second-order valence-corrected chi connectivity index (χ2v) is 10.3. The second-order valence-electron chi connectivity index (χ2n) is 6.61. The molecule has 0 saturated heterocycles. The van der Waals surface area contributed by atoms with Gasteiger partial charge < -0.3 is 4.79 Å². The monoisotopic (exact) mass is 424 g/mol. The summed E-state index contributed by atoms with van der Waals surface area (Å²) >= 11 is 2.53. The summed E-state index contributed by atoms with van der Waals surface area (Å²) < 4.78 is 29.6. The maximum absolute atomic E-state index is 11.9. The zero-order chi connectivity index (χ0) is 20.1. The number of thiazole rings is 1. The van der Waals surface area contributed by atoms with Crippen LogP contribution in [-0.2, 0) is 19.2 Å². The van der Waals surface area contributed by atoms with Gasteiger partial charge in [0.2, 0.25) is 0 Å². The van der Waals surface area contributed by atoms with Crippen LogP contribution in [0.2, 0.25) is 0 Å². The fourth-order valence-electron chi connectivity index (χ4n) is 1.61. The highest BCUT2D eigenvalue weighted by molar-refractivity contribution is 7.88. The van der Waals surface area contributed by atoms with Crippen molar-refractivity contribution in [2.24, 2.45) is 10.6 Å². The van der Waals surface area contributed by atoms with E-state index in [2.05, 4.69) is 10.1 Å². The number of carbonyl (C=O) groups excluding carboxylic acids is 1. The molecule has 0 spiro atoms. The first-order valence-corrected chi connectivity index (χ1v) is 11.1. The van der Waals surface area contributed by atoms with E-state index in [1.807, 2.05) is 45.0 Å². The van der Waals surface area contributed by atoms with Crippen molar-refractivity contribution in [2.75, 3.05) is 0 Å². The van der Waals surface area contributed by atoms with E-state index in [-0.39, 0.29) is 9.62 Å². The molecule has 2 aromatic heterocycles. The van der Waals surface area contributed by atoms with Gasteiger partial charge >= 0.3 is 10.1 Å². The lowest BCUT2D eigenvalue weighted by atomic mass is 10.0. The van der Waals surface area contributed by atoms with Gasteiger partial charge in [-0.05, 0) is 30.5 Å². The van der Waals surface area contributed by atoms with Crippen molar-refractivity contribution in [2.45, 2.75) is 31.9 Å². The molecule has 9 heteroatoms. The van der Waals surface area contributed by atoms with Gasteiger partial charge in [-0.25, -0.2) is 4.98 Å². The Bertz CT molecular complexity index is 997. The first-order valence-electron chi connectivity index (χ1n) is 7.96. The minimum Gasteiger partial charge on any atom is -0.303 e. The molecule has 0 saturated carbocycles. The maximum Gasteiger partial charge on any atom is 0.368 e. The average Bonchev–Trinajstić information content (AvgIpc) is 3.29. The minimum absolute atomic E-state index is 0.128. The summed E-state index contributed by atoms with van der Waals surface area (Å²) in [7, 11) is -3.84. The van der Waals surface area contributed by atoms with Gasteiger partial charge in [-0.15, -0.1) is 22.7 Å². The normalized spacial score (nSPS) is 12.4. The van der Waals surface area contributed by atoms with Crippen LogP contribution in [0.25, 0.3) is 10.2 Å². The number of carbonyl (C=O) groups is 1. The Kier molecular flexibility index (Phi) is 6.85. The Hall–Kier alpha value is -2.10. The number of nitrogens with zero attached hydrogens (tertiary/aromatic N) is 2. The highest BCUT2D eigenvalue weighted by Crippen LogP contribution is 2.23. The third-order valence-corrected chi connectivity index (χ3v) is 6.58. The van der Waals surface area contributed by atoms with Crippen molar-refractivity contribution in [1.82, 2.24) is 4.98 Å². The Balaban J connectivity index is 0.000000380. The van der Waals surface area contributed by atoms with Crippen LogP contribution < -0.4 is 0 Å². The van der Waals surface area contributed by atoms with Crippen molar-refractivity contribution >= 4 is 55.0 Å². The topological polar surface area (TPSA) is 85.7 Å². The van der Waals surface area contributed by atoms with Gasteiger partial charge in [0.1, 0.15) is 17.0 Å². The first kappa shape index (κ1) is 21.2. The lowest BCUT2D eigenvalue weighted by Gasteiger charge is -2.03. The third-order valence-electron chi connectivity index (χ3n) is 2.97. The van der Waals surface area contributed by atoms with E-state index < -0.39 is 10.1 Å². The third kappa shape index (κ3) is 6.23. The summed E-state index contributed by atoms with van der Waals surface area (Å²) in [5.74, 6) is 0. The molecule has 0 radical (unpaired) electrons. The Morgan fingerprint density at radius 3 is 2.41 bits per heavy atom. The molecule has 2 heterocycles. The van der Waals surface area contributed by atoms with Gasteiger partial charge in [-0.3, -0.25) is 4.28 Å². The van der Waals surface area contributed by atoms with E-state index in [4.69, 9.17) is 4.28 Å². The van der Waals surface area contributed by atoms with Gasteiger partial charge in [-0.1, -0.05) is 44.1 Å². The lowest BCUT2D eigenvalue weighted by Crippen LogP contribution is -2.04. The Labute approximate surface area is 166 Å². The smallest absolute Gasteiger partial charge is 0.303 e. The van der Waals surface area contributed by atoms with Crippen LogP contribution in [0, 0.1) is 5.41 Å². The van der Waals surface area contributed by atoms with Crippen LogP contribution in [0.15, 0.2) is 51.1 Å². The molecule has 0 N–H and O–H groups in total. The fraction of sp³-hybridized carbons (Fsp3) is 0.278. The lowest BCUT2D eigenvalue weighted by molar-refractivity contribution is -0.113. The quantitative estimate of drug-likeness (QED) is 0.344. The molecule has 0 aliphatic carbocycles. The fourth-order valence-corrected chi connectivity index (χ4v) is 4.22. The van der Waals surface area contributed by atoms with E-state index >= 15 is 0 Å². The number of hydrogen-bond acceptors (Lipinski definition) is 8. The predicted molar refractivity (Wildman–Crippen MR) is 110 cm³/mol. The molecule has 0 aliphatic rings. The molecule has 144 valence electrons. The molecule has 0 amide bonds. The van der Waals surface area contributed by atoms with E-state index in [1.165, 1.54) is 17.4 Å². The largest absolute Gasteiger partial charge is 0.368 e. The van der Waals surface area contributed by atoms with Crippen LogP contribution in [-0.4, -0.2) is 25.4 Å².